The molecule has 1 saturated carbocycles. The highest BCUT2D eigenvalue weighted by Crippen LogP contribution is 2.28. The quantitative estimate of drug-likeness (QED) is 0.546. The van der Waals surface area contributed by atoms with Crippen LogP contribution in [0.3, 0.4) is 0 Å². The van der Waals surface area contributed by atoms with Crippen LogP contribution in [0.1, 0.15) is 26.2 Å². The van der Waals surface area contributed by atoms with Gasteiger partial charge in [-0.2, -0.15) is 0 Å². The third-order valence-corrected chi connectivity index (χ3v) is 2.14. The van der Waals surface area contributed by atoms with Crippen molar-refractivity contribution < 1.29 is 0 Å². The molecular weight excluding hydrogens is 98.1 g/mol. The monoisotopic (exact) mass is 113 g/mol. The highest BCUT2D eigenvalue weighted by Gasteiger charge is 2.18. The van der Waals surface area contributed by atoms with Crippen LogP contribution in [-0.4, -0.2) is 6.54 Å². The summed E-state index contributed by atoms with van der Waals surface area (Å²) in [5.41, 5.74) is 5.50. The minimum absolute atomic E-state index is 0.852. The van der Waals surface area contributed by atoms with Crippen molar-refractivity contribution in [3.05, 3.63) is 0 Å². The van der Waals surface area contributed by atoms with E-state index in [4.69, 9.17) is 5.73 Å². The Morgan fingerprint density at radius 3 is 2.50 bits per heavy atom. The maximum Gasteiger partial charge on any atom is -0.00488 e. The Labute approximate surface area is 51.3 Å². The van der Waals surface area contributed by atoms with Crippen molar-refractivity contribution in [1.82, 2.24) is 0 Å². The molecule has 8 heavy (non-hydrogen) atoms. The molecule has 1 heteroatoms. The predicted molar refractivity (Wildman–Crippen MR) is 35.6 cm³/mol. The van der Waals surface area contributed by atoms with Gasteiger partial charge in [0.15, 0.2) is 0 Å². The molecule has 2 N–H and O–H groups in total. The van der Waals surface area contributed by atoms with Crippen LogP contribution in [0.15, 0.2) is 0 Å². The molecule has 0 aromatic carbocycles. The zero-order valence-corrected chi connectivity index (χ0v) is 5.56. The van der Waals surface area contributed by atoms with Gasteiger partial charge in [-0.25, -0.2) is 0 Å². The Morgan fingerprint density at radius 2 is 2.25 bits per heavy atom. The Balaban J connectivity index is 2.22. The van der Waals surface area contributed by atoms with E-state index >= 15 is 0 Å². The molecule has 0 amide bonds. The topological polar surface area (TPSA) is 26.0 Å². The summed E-state index contributed by atoms with van der Waals surface area (Å²) in [7, 11) is 0. The largest absolute Gasteiger partial charge is 0.330 e. The van der Waals surface area contributed by atoms with E-state index in [1.165, 1.54) is 19.3 Å². The smallest absolute Gasteiger partial charge is 0.00488 e. The summed E-state index contributed by atoms with van der Waals surface area (Å²) in [6.07, 6.45) is 4.15. The van der Waals surface area contributed by atoms with Crippen LogP contribution in [0.5, 0.6) is 0 Å². The van der Waals surface area contributed by atoms with E-state index in [2.05, 4.69) is 6.92 Å². The van der Waals surface area contributed by atoms with Crippen LogP contribution in [-0.2, 0) is 0 Å². The zero-order chi connectivity index (χ0) is 5.98. The Morgan fingerprint density at radius 1 is 1.50 bits per heavy atom. The van der Waals surface area contributed by atoms with Crippen molar-refractivity contribution in [3.8, 4) is 0 Å². The second-order valence-corrected chi connectivity index (χ2v) is 3.02. The lowest BCUT2D eigenvalue weighted by atomic mass is 10.1. The molecule has 48 valence electrons. The molecule has 1 unspecified atom stereocenters. The lowest BCUT2D eigenvalue weighted by Crippen LogP contribution is -2.10. The minimum Gasteiger partial charge on any atom is -0.330 e. The third-order valence-electron chi connectivity index (χ3n) is 2.14. The summed E-state index contributed by atoms with van der Waals surface area (Å²) in [5.74, 6) is 1.80. The number of nitrogens with two attached hydrogens (primary N) is 1. The van der Waals surface area contributed by atoms with Crippen molar-refractivity contribution in [2.45, 2.75) is 26.2 Å². The first-order chi connectivity index (χ1) is 3.83. The van der Waals surface area contributed by atoms with Gasteiger partial charge in [-0.3, -0.25) is 0 Å². The molecule has 1 aliphatic rings. The maximum atomic E-state index is 5.50. The number of hydrogen-bond acceptors (Lipinski definition) is 1. The summed E-state index contributed by atoms with van der Waals surface area (Å²) < 4.78 is 0. The van der Waals surface area contributed by atoms with Crippen molar-refractivity contribution >= 4 is 0 Å². The summed E-state index contributed by atoms with van der Waals surface area (Å²) in [4.78, 5) is 0. The molecule has 0 aromatic rings. The average molecular weight is 113 g/mol. The normalized spacial score (nSPS) is 38.2. The molecule has 0 aliphatic heterocycles. The van der Waals surface area contributed by atoms with E-state index in [0.29, 0.717) is 0 Å². The molecule has 0 heterocycles. The fourth-order valence-corrected chi connectivity index (χ4v) is 1.54. The fraction of sp³-hybridized carbons (Fsp3) is 1.00. The van der Waals surface area contributed by atoms with Gasteiger partial charge in [-0.15, -0.1) is 0 Å². The van der Waals surface area contributed by atoms with Gasteiger partial charge in [0.2, 0.25) is 0 Å². The van der Waals surface area contributed by atoms with E-state index in [1.54, 1.807) is 0 Å². The Bertz CT molecular complexity index is 70.8. The van der Waals surface area contributed by atoms with Gasteiger partial charge in [0.1, 0.15) is 0 Å². The molecule has 1 nitrogen and oxygen atoms in total. The zero-order valence-electron chi connectivity index (χ0n) is 5.56. The molecule has 1 rings (SSSR count). The van der Waals surface area contributed by atoms with Gasteiger partial charge in [0.05, 0.1) is 0 Å². The first-order valence-electron chi connectivity index (χ1n) is 3.53. The molecule has 0 aromatic heterocycles. The van der Waals surface area contributed by atoms with E-state index < -0.39 is 0 Å². The first kappa shape index (κ1) is 6.09. The summed E-state index contributed by atoms with van der Waals surface area (Å²) in [6, 6.07) is 0. The van der Waals surface area contributed by atoms with Crippen LogP contribution in [0.25, 0.3) is 0 Å². The van der Waals surface area contributed by atoms with Crippen LogP contribution in [0, 0.1) is 11.8 Å². The lowest BCUT2D eigenvalue weighted by molar-refractivity contribution is 0.525. The van der Waals surface area contributed by atoms with Gasteiger partial charge in [0, 0.05) is 0 Å². The highest BCUT2D eigenvalue weighted by molar-refractivity contribution is 4.72. The van der Waals surface area contributed by atoms with Gasteiger partial charge in [0.25, 0.3) is 0 Å². The Hall–Kier alpha value is -0.0400. The van der Waals surface area contributed by atoms with Gasteiger partial charge < -0.3 is 5.73 Å². The van der Waals surface area contributed by atoms with Crippen LogP contribution < -0.4 is 5.73 Å². The van der Waals surface area contributed by atoms with Crippen LogP contribution >= 0.6 is 0 Å². The first-order valence-corrected chi connectivity index (χ1v) is 3.53. The third kappa shape index (κ3) is 1.22. The van der Waals surface area contributed by atoms with Crippen molar-refractivity contribution in [1.29, 1.82) is 0 Å². The second-order valence-electron chi connectivity index (χ2n) is 3.02. The number of rotatable bonds is 1. The molecule has 2 atom stereocenters. The fourth-order valence-electron chi connectivity index (χ4n) is 1.54. The molecule has 0 saturated heterocycles. The summed E-state index contributed by atoms with van der Waals surface area (Å²) in [6.45, 7) is 3.22. The molecule has 0 spiro atoms. The molecule has 0 bridgehead atoms. The van der Waals surface area contributed by atoms with Crippen LogP contribution in [0.2, 0.25) is 0 Å². The highest BCUT2D eigenvalue weighted by atomic mass is 14.6. The maximum absolute atomic E-state index is 5.50. The van der Waals surface area contributed by atoms with Crippen molar-refractivity contribution in [2.24, 2.45) is 17.6 Å². The SMILES string of the molecule is CC1CC[C@H](CN)C1. The van der Waals surface area contributed by atoms with E-state index in [-0.39, 0.29) is 0 Å². The van der Waals surface area contributed by atoms with E-state index in [0.717, 1.165) is 18.4 Å². The standard InChI is InChI=1S/C7H15N/c1-6-2-3-7(4-6)5-8/h6-7H,2-5,8H2,1H3/t6?,7-/m0/s1. The summed E-state index contributed by atoms with van der Waals surface area (Å²) >= 11 is 0. The molecule has 1 aliphatic carbocycles. The van der Waals surface area contributed by atoms with Crippen LogP contribution in [0.4, 0.5) is 0 Å². The molecular formula is C7H15N. The van der Waals surface area contributed by atoms with E-state index in [9.17, 15) is 0 Å². The van der Waals surface area contributed by atoms with E-state index in [1.807, 2.05) is 0 Å². The second kappa shape index (κ2) is 2.49. The summed E-state index contributed by atoms with van der Waals surface area (Å²) in [5, 5.41) is 0. The van der Waals surface area contributed by atoms with Crippen molar-refractivity contribution in [3.63, 3.8) is 0 Å². The average Bonchev–Trinajstić information content (AvgIpc) is 2.14. The van der Waals surface area contributed by atoms with Gasteiger partial charge in [-0.05, 0) is 31.2 Å². The van der Waals surface area contributed by atoms with Crippen molar-refractivity contribution in [2.75, 3.05) is 6.54 Å². The Kier molecular flexibility index (Phi) is 1.90. The molecule has 1 fully saturated rings. The predicted octanol–water partition coefficient (Wildman–Crippen LogP) is 1.38. The van der Waals surface area contributed by atoms with Gasteiger partial charge >= 0.3 is 0 Å². The minimum atomic E-state index is 0.852. The molecule has 0 radical (unpaired) electrons. The van der Waals surface area contributed by atoms with Gasteiger partial charge in [-0.1, -0.05) is 13.3 Å². The lowest BCUT2D eigenvalue weighted by Gasteiger charge is -2.02. The number of hydrogen-bond donors (Lipinski definition) is 1.